The van der Waals surface area contributed by atoms with E-state index in [9.17, 15) is 8.42 Å². The summed E-state index contributed by atoms with van der Waals surface area (Å²) >= 11 is 3.42. The van der Waals surface area contributed by atoms with Crippen molar-refractivity contribution in [1.82, 2.24) is 8.96 Å². The molecule has 2 heterocycles. The lowest BCUT2D eigenvalue weighted by Gasteiger charge is -2.07. The number of nitrogen functional groups attached to an aromatic ring is 1. The minimum absolute atomic E-state index is 0.217. The average Bonchev–Trinajstić information content (AvgIpc) is 3.01. The molecule has 0 saturated carbocycles. The van der Waals surface area contributed by atoms with Crippen molar-refractivity contribution in [2.45, 2.75) is 11.8 Å². The highest BCUT2D eigenvalue weighted by molar-refractivity contribution is 9.10. The number of halogens is 1. The summed E-state index contributed by atoms with van der Waals surface area (Å²) in [5.41, 5.74) is 9.48. The second-order valence-electron chi connectivity index (χ2n) is 6.31. The first-order valence-corrected chi connectivity index (χ1v) is 10.4. The van der Waals surface area contributed by atoms with Crippen LogP contribution < -0.4 is 5.73 Å². The lowest BCUT2D eigenvalue weighted by atomic mass is 10.1. The molecule has 4 aromatic rings. The summed E-state index contributed by atoms with van der Waals surface area (Å²) < 4.78 is 28.5. The molecule has 0 unspecified atom stereocenters. The predicted octanol–water partition coefficient (Wildman–Crippen LogP) is 4.59. The Bertz CT molecular complexity index is 1260. The zero-order valence-corrected chi connectivity index (χ0v) is 16.8. The second-order valence-corrected chi connectivity index (χ2v) is 9.04. The fourth-order valence-electron chi connectivity index (χ4n) is 3.00. The van der Waals surface area contributed by atoms with Crippen LogP contribution in [0.25, 0.3) is 22.2 Å². The quantitative estimate of drug-likeness (QED) is 0.471. The first-order chi connectivity index (χ1) is 12.9. The van der Waals surface area contributed by atoms with Crippen LogP contribution in [-0.2, 0) is 10.0 Å². The minimum atomic E-state index is -3.78. The van der Waals surface area contributed by atoms with Gasteiger partial charge in [0.05, 0.1) is 4.90 Å². The number of benzene rings is 2. The van der Waals surface area contributed by atoms with Gasteiger partial charge in [0.2, 0.25) is 0 Å². The van der Waals surface area contributed by atoms with Gasteiger partial charge in [-0.05, 0) is 58.7 Å². The summed E-state index contributed by atoms with van der Waals surface area (Å²) in [6.07, 6.45) is 3.20. The Morgan fingerprint density at radius 2 is 1.81 bits per heavy atom. The Morgan fingerprint density at radius 1 is 1.07 bits per heavy atom. The summed E-state index contributed by atoms with van der Waals surface area (Å²) in [6, 6.07) is 16.0. The Kier molecular flexibility index (Phi) is 4.28. The van der Waals surface area contributed by atoms with Crippen LogP contribution in [0.4, 0.5) is 5.69 Å². The van der Waals surface area contributed by atoms with Crippen molar-refractivity contribution < 1.29 is 8.42 Å². The van der Waals surface area contributed by atoms with E-state index in [1.54, 1.807) is 42.7 Å². The van der Waals surface area contributed by atoms with Crippen molar-refractivity contribution in [3.8, 4) is 11.1 Å². The maximum Gasteiger partial charge on any atom is 0.269 e. The van der Waals surface area contributed by atoms with Crippen LogP contribution >= 0.6 is 15.9 Å². The highest BCUT2D eigenvalue weighted by atomic mass is 79.9. The molecule has 5 nitrogen and oxygen atoms in total. The van der Waals surface area contributed by atoms with E-state index in [1.165, 1.54) is 3.97 Å². The van der Waals surface area contributed by atoms with E-state index in [0.717, 1.165) is 26.5 Å². The van der Waals surface area contributed by atoms with Crippen molar-refractivity contribution in [3.05, 3.63) is 77.0 Å². The van der Waals surface area contributed by atoms with E-state index in [1.807, 2.05) is 31.2 Å². The van der Waals surface area contributed by atoms with Crippen LogP contribution in [0.3, 0.4) is 0 Å². The molecule has 0 aliphatic rings. The summed E-state index contributed by atoms with van der Waals surface area (Å²) in [6.45, 7) is 1.92. The number of rotatable bonds is 3. The molecular formula is C20H16BrN3O2S. The number of hydrogen-bond donors (Lipinski definition) is 1. The van der Waals surface area contributed by atoms with Gasteiger partial charge in [-0.15, -0.1) is 0 Å². The Hall–Kier alpha value is -2.64. The van der Waals surface area contributed by atoms with E-state index in [0.29, 0.717) is 11.3 Å². The highest BCUT2D eigenvalue weighted by Crippen LogP contribution is 2.34. The molecule has 2 aromatic carbocycles. The van der Waals surface area contributed by atoms with Crippen molar-refractivity contribution in [2.75, 3.05) is 5.73 Å². The van der Waals surface area contributed by atoms with Crippen molar-refractivity contribution >= 4 is 42.7 Å². The molecule has 136 valence electrons. The smallest absolute Gasteiger partial charge is 0.269 e. The van der Waals surface area contributed by atoms with Crippen molar-refractivity contribution in [2.24, 2.45) is 0 Å². The number of hydrogen-bond acceptors (Lipinski definition) is 4. The number of aryl methyl sites for hydroxylation is 1. The van der Waals surface area contributed by atoms with E-state index in [4.69, 9.17) is 5.73 Å². The molecule has 2 N–H and O–H groups in total. The van der Waals surface area contributed by atoms with Gasteiger partial charge in [-0.3, -0.25) is 0 Å². The monoisotopic (exact) mass is 441 g/mol. The number of aromatic nitrogens is 2. The van der Waals surface area contributed by atoms with Gasteiger partial charge >= 0.3 is 0 Å². The molecule has 0 amide bonds. The molecule has 27 heavy (non-hydrogen) atoms. The Balaban J connectivity index is 2.01. The second kappa shape index (κ2) is 6.51. The van der Waals surface area contributed by atoms with Gasteiger partial charge < -0.3 is 5.73 Å². The molecule has 0 saturated heterocycles. The summed E-state index contributed by atoms with van der Waals surface area (Å²) in [5.74, 6) is 0. The molecule has 0 atom stereocenters. The molecule has 0 spiro atoms. The summed E-state index contributed by atoms with van der Waals surface area (Å²) in [5, 5.41) is 0.727. The van der Waals surface area contributed by atoms with E-state index in [-0.39, 0.29) is 4.90 Å². The molecule has 0 fully saturated rings. The normalized spacial score (nSPS) is 11.8. The number of nitrogens with zero attached hydrogens (tertiary/aromatic N) is 2. The number of fused-ring (bicyclic) bond motifs is 1. The molecular weight excluding hydrogens is 426 g/mol. The number of nitrogens with two attached hydrogens (primary N) is 1. The zero-order valence-electron chi connectivity index (χ0n) is 14.4. The third kappa shape index (κ3) is 3.13. The molecule has 0 aliphatic heterocycles. The van der Waals surface area contributed by atoms with E-state index < -0.39 is 10.0 Å². The van der Waals surface area contributed by atoms with Crippen LogP contribution in [0.2, 0.25) is 0 Å². The van der Waals surface area contributed by atoms with Crippen LogP contribution in [0.15, 0.2) is 76.4 Å². The van der Waals surface area contributed by atoms with Gasteiger partial charge in [-0.2, -0.15) is 0 Å². The number of anilines is 1. The molecule has 0 bridgehead atoms. The maximum absolute atomic E-state index is 13.2. The lowest BCUT2D eigenvalue weighted by molar-refractivity contribution is 0.589. The third-order valence-electron chi connectivity index (χ3n) is 4.35. The standard InChI is InChI=1S/C20H16BrN3O2S/c1-13-5-7-17(8-6-13)27(25,26)24-12-19(14-3-2-4-16(22)9-14)18-10-15(21)11-23-20(18)24/h2-12H,22H2,1H3. The maximum atomic E-state index is 13.2. The molecule has 0 radical (unpaired) electrons. The van der Waals surface area contributed by atoms with Gasteiger partial charge in [0.1, 0.15) is 0 Å². The molecule has 4 rings (SSSR count). The Morgan fingerprint density at radius 3 is 2.52 bits per heavy atom. The molecule has 0 aliphatic carbocycles. The van der Waals surface area contributed by atoms with Crippen molar-refractivity contribution in [3.63, 3.8) is 0 Å². The number of pyridine rings is 1. The predicted molar refractivity (Wildman–Crippen MR) is 111 cm³/mol. The fourth-order valence-corrected chi connectivity index (χ4v) is 4.65. The van der Waals surface area contributed by atoms with Gasteiger partial charge in [-0.1, -0.05) is 29.8 Å². The SMILES string of the molecule is Cc1ccc(S(=O)(=O)n2cc(-c3cccc(N)c3)c3cc(Br)cnc32)cc1. The highest BCUT2D eigenvalue weighted by Gasteiger charge is 2.23. The van der Waals surface area contributed by atoms with Crippen LogP contribution in [0, 0.1) is 6.92 Å². The van der Waals surface area contributed by atoms with Gasteiger partial charge in [0.15, 0.2) is 5.65 Å². The van der Waals surface area contributed by atoms with Crippen LogP contribution in [0.1, 0.15) is 5.56 Å². The fraction of sp³-hybridized carbons (Fsp3) is 0.0500. The average molecular weight is 442 g/mol. The summed E-state index contributed by atoms with van der Waals surface area (Å²) in [4.78, 5) is 4.58. The third-order valence-corrected chi connectivity index (χ3v) is 6.45. The molecule has 7 heteroatoms. The van der Waals surface area contributed by atoms with Gasteiger partial charge in [-0.25, -0.2) is 17.4 Å². The lowest BCUT2D eigenvalue weighted by Crippen LogP contribution is -2.12. The van der Waals surface area contributed by atoms with Crippen LogP contribution in [-0.4, -0.2) is 17.4 Å². The molecule has 2 aromatic heterocycles. The van der Waals surface area contributed by atoms with Gasteiger partial charge in [0, 0.05) is 33.5 Å². The first kappa shape index (κ1) is 17.8. The van der Waals surface area contributed by atoms with E-state index >= 15 is 0 Å². The Labute approximate surface area is 165 Å². The van der Waals surface area contributed by atoms with Crippen molar-refractivity contribution in [1.29, 1.82) is 0 Å². The minimum Gasteiger partial charge on any atom is -0.399 e. The summed E-state index contributed by atoms with van der Waals surface area (Å²) in [7, 11) is -3.78. The first-order valence-electron chi connectivity index (χ1n) is 8.21. The zero-order chi connectivity index (χ0) is 19.2. The van der Waals surface area contributed by atoms with E-state index in [2.05, 4.69) is 20.9 Å². The van der Waals surface area contributed by atoms with Crippen LogP contribution in [0.5, 0.6) is 0 Å². The topological polar surface area (TPSA) is 78.0 Å². The largest absolute Gasteiger partial charge is 0.399 e. The van der Waals surface area contributed by atoms with Gasteiger partial charge in [0.25, 0.3) is 10.0 Å².